The molecule has 2 aromatic carbocycles. The maximum absolute atomic E-state index is 12.2. The number of carbonyl (C=O) groups excluding carboxylic acids is 3. The van der Waals surface area contributed by atoms with Crippen LogP contribution in [0, 0.1) is 0 Å². The van der Waals surface area contributed by atoms with Crippen LogP contribution in [0.5, 0.6) is 0 Å². The molecule has 0 aromatic heterocycles. The second-order valence-electron chi connectivity index (χ2n) is 6.30. The minimum atomic E-state index is -0.775. The van der Waals surface area contributed by atoms with Crippen LogP contribution in [0.15, 0.2) is 48.5 Å². The van der Waals surface area contributed by atoms with E-state index in [1.54, 1.807) is 12.1 Å². The SMILES string of the molecule is O=C(COC1CCCc2ccccc21)ON1C(=O)c2ccccc2C1=O. The Morgan fingerprint density at radius 1 is 1.00 bits per heavy atom. The van der Waals surface area contributed by atoms with Gasteiger partial charge in [-0.05, 0) is 42.5 Å². The first-order valence-electron chi connectivity index (χ1n) is 8.53. The third-order valence-electron chi connectivity index (χ3n) is 4.67. The molecule has 1 atom stereocenters. The van der Waals surface area contributed by atoms with Crippen molar-refractivity contribution in [3.63, 3.8) is 0 Å². The minimum absolute atomic E-state index is 0.185. The van der Waals surface area contributed by atoms with Gasteiger partial charge in [-0.25, -0.2) is 4.79 Å². The Morgan fingerprint density at radius 3 is 2.38 bits per heavy atom. The van der Waals surface area contributed by atoms with Crippen LogP contribution < -0.4 is 0 Å². The van der Waals surface area contributed by atoms with Crippen LogP contribution in [0.4, 0.5) is 0 Å². The van der Waals surface area contributed by atoms with E-state index >= 15 is 0 Å². The van der Waals surface area contributed by atoms with Crippen molar-refractivity contribution in [3.8, 4) is 0 Å². The average Bonchev–Trinajstić information content (AvgIpc) is 2.91. The Hall–Kier alpha value is -2.99. The molecule has 1 heterocycles. The summed E-state index contributed by atoms with van der Waals surface area (Å²) >= 11 is 0. The molecule has 132 valence electrons. The molecule has 6 nitrogen and oxygen atoms in total. The fraction of sp³-hybridized carbons (Fsp3) is 0.250. The fourth-order valence-electron chi connectivity index (χ4n) is 3.43. The topological polar surface area (TPSA) is 72.9 Å². The number of imide groups is 1. The molecule has 0 saturated heterocycles. The van der Waals surface area contributed by atoms with Gasteiger partial charge in [0.25, 0.3) is 11.8 Å². The number of aryl methyl sites for hydroxylation is 1. The molecule has 4 rings (SSSR count). The quantitative estimate of drug-likeness (QED) is 0.792. The molecule has 0 saturated carbocycles. The summed E-state index contributed by atoms with van der Waals surface area (Å²) in [6.07, 6.45) is 2.61. The highest BCUT2D eigenvalue weighted by atomic mass is 16.7. The number of amides is 2. The number of fused-ring (bicyclic) bond motifs is 2. The number of benzene rings is 2. The molecule has 0 spiro atoms. The van der Waals surface area contributed by atoms with E-state index in [-0.39, 0.29) is 23.8 Å². The van der Waals surface area contributed by atoms with Gasteiger partial charge in [0, 0.05) is 0 Å². The highest BCUT2D eigenvalue weighted by molar-refractivity contribution is 6.20. The molecule has 2 aliphatic rings. The van der Waals surface area contributed by atoms with Gasteiger partial charge < -0.3 is 9.57 Å². The third kappa shape index (κ3) is 2.88. The smallest absolute Gasteiger partial charge is 0.358 e. The zero-order valence-electron chi connectivity index (χ0n) is 14.0. The van der Waals surface area contributed by atoms with Crippen molar-refractivity contribution < 1.29 is 24.0 Å². The lowest BCUT2D eigenvalue weighted by atomic mass is 9.89. The lowest BCUT2D eigenvalue weighted by molar-refractivity contribution is -0.176. The second kappa shape index (κ2) is 6.72. The summed E-state index contributed by atoms with van der Waals surface area (Å²) < 4.78 is 5.71. The molecule has 2 aromatic rings. The van der Waals surface area contributed by atoms with Gasteiger partial charge in [0.2, 0.25) is 0 Å². The van der Waals surface area contributed by atoms with Gasteiger partial charge in [-0.3, -0.25) is 9.59 Å². The van der Waals surface area contributed by atoms with Crippen molar-refractivity contribution in [2.45, 2.75) is 25.4 Å². The van der Waals surface area contributed by atoms with Crippen molar-refractivity contribution in [2.75, 3.05) is 6.61 Å². The van der Waals surface area contributed by atoms with Gasteiger partial charge in [0.1, 0.15) is 6.61 Å². The Balaban J connectivity index is 1.39. The number of hydrogen-bond donors (Lipinski definition) is 0. The normalized spacial score (nSPS) is 18.5. The molecular weight excluding hydrogens is 334 g/mol. The summed E-state index contributed by atoms with van der Waals surface area (Å²) in [5.41, 5.74) is 2.75. The van der Waals surface area contributed by atoms with Crippen molar-refractivity contribution in [2.24, 2.45) is 0 Å². The maximum atomic E-state index is 12.2. The lowest BCUT2D eigenvalue weighted by Gasteiger charge is -2.25. The Kier molecular flexibility index (Phi) is 4.26. The van der Waals surface area contributed by atoms with E-state index < -0.39 is 17.8 Å². The summed E-state index contributed by atoms with van der Waals surface area (Å²) in [6.45, 7) is -0.327. The highest BCUT2D eigenvalue weighted by Crippen LogP contribution is 2.32. The second-order valence-corrected chi connectivity index (χ2v) is 6.30. The van der Waals surface area contributed by atoms with Gasteiger partial charge in [0.05, 0.1) is 17.2 Å². The van der Waals surface area contributed by atoms with Gasteiger partial charge in [-0.1, -0.05) is 41.5 Å². The van der Waals surface area contributed by atoms with Crippen LogP contribution in [0.3, 0.4) is 0 Å². The van der Waals surface area contributed by atoms with E-state index in [0.29, 0.717) is 5.06 Å². The van der Waals surface area contributed by atoms with Crippen molar-refractivity contribution in [1.29, 1.82) is 0 Å². The standard InChI is InChI=1S/C20H17NO5/c22-18(12-25-17-11-5-7-13-6-1-2-8-14(13)17)26-21-19(23)15-9-3-4-10-16(15)20(21)24/h1-4,6,8-10,17H,5,7,11-12H2. The maximum Gasteiger partial charge on any atom is 0.358 e. The van der Waals surface area contributed by atoms with Crippen molar-refractivity contribution in [1.82, 2.24) is 5.06 Å². The van der Waals surface area contributed by atoms with Crippen LogP contribution >= 0.6 is 0 Å². The molecule has 1 unspecified atom stereocenters. The van der Waals surface area contributed by atoms with Gasteiger partial charge in [-0.2, -0.15) is 0 Å². The van der Waals surface area contributed by atoms with Crippen LogP contribution in [0.1, 0.15) is 50.8 Å². The highest BCUT2D eigenvalue weighted by Gasteiger charge is 2.38. The molecular formula is C20H17NO5. The molecule has 0 fully saturated rings. The summed E-state index contributed by atoms with van der Waals surface area (Å²) in [4.78, 5) is 41.5. The lowest BCUT2D eigenvalue weighted by Crippen LogP contribution is -2.34. The van der Waals surface area contributed by atoms with Crippen molar-refractivity contribution >= 4 is 17.8 Å². The van der Waals surface area contributed by atoms with E-state index in [1.165, 1.54) is 17.7 Å². The summed E-state index contributed by atoms with van der Waals surface area (Å²) in [7, 11) is 0. The first-order valence-corrected chi connectivity index (χ1v) is 8.53. The molecule has 2 amide bonds. The summed E-state index contributed by atoms with van der Waals surface area (Å²) in [5.74, 6) is -2.05. The summed E-state index contributed by atoms with van der Waals surface area (Å²) in [5, 5.41) is 0.505. The Labute approximate surface area is 150 Å². The number of hydrogen-bond acceptors (Lipinski definition) is 5. The predicted octanol–water partition coefficient (Wildman–Crippen LogP) is 2.84. The van der Waals surface area contributed by atoms with E-state index in [1.807, 2.05) is 18.2 Å². The number of ether oxygens (including phenoxy) is 1. The molecule has 26 heavy (non-hydrogen) atoms. The first-order chi connectivity index (χ1) is 12.6. The largest absolute Gasteiger partial charge is 0.362 e. The van der Waals surface area contributed by atoms with E-state index in [4.69, 9.17) is 9.57 Å². The number of carbonyl (C=O) groups is 3. The predicted molar refractivity (Wildman–Crippen MR) is 91.1 cm³/mol. The molecule has 0 bridgehead atoms. The Morgan fingerprint density at radius 2 is 1.65 bits per heavy atom. The zero-order valence-corrected chi connectivity index (χ0v) is 14.0. The van der Waals surface area contributed by atoms with Crippen molar-refractivity contribution in [3.05, 3.63) is 70.8 Å². The number of nitrogens with zero attached hydrogens (tertiary/aromatic N) is 1. The summed E-state index contributed by atoms with van der Waals surface area (Å²) in [6, 6.07) is 14.3. The molecule has 0 N–H and O–H groups in total. The van der Waals surface area contributed by atoms with Gasteiger partial charge >= 0.3 is 5.97 Å². The van der Waals surface area contributed by atoms with Gasteiger partial charge in [0.15, 0.2) is 0 Å². The van der Waals surface area contributed by atoms with E-state index in [2.05, 4.69) is 6.07 Å². The fourth-order valence-corrected chi connectivity index (χ4v) is 3.43. The molecule has 1 aliphatic carbocycles. The van der Waals surface area contributed by atoms with Gasteiger partial charge in [-0.15, -0.1) is 0 Å². The molecule has 0 radical (unpaired) electrons. The monoisotopic (exact) mass is 351 g/mol. The van der Waals surface area contributed by atoms with E-state index in [9.17, 15) is 14.4 Å². The van der Waals surface area contributed by atoms with Crippen LogP contribution in [-0.2, 0) is 20.8 Å². The van der Waals surface area contributed by atoms with Crippen LogP contribution in [-0.4, -0.2) is 29.5 Å². The molecule has 1 aliphatic heterocycles. The van der Waals surface area contributed by atoms with Crippen LogP contribution in [0.2, 0.25) is 0 Å². The molecule has 6 heteroatoms. The number of rotatable bonds is 4. The number of hydroxylamine groups is 2. The van der Waals surface area contributed by atoms with Crippen LogP contribution in [0.25, 0.3) is 0 Å². The third-order valence-corrected chi connectivity index (χ3v) is 4.67. The average molecular weight is 351 g/mol. The minimum Gasteiger partial charge on any atom is -0.362 e. The zero-order chi connectivity index (χ0) is 18.1. The van der Waals surface area contributed by atoms with E-state index in [0.717, 1.165) is 24.8 Å². The Bertz CT molecular complexity index is 856. The first kappa shape index (κ1) is 16.5.